The van der Waals surface area contributed by atoms with E-state index in [0.717, 1.165) is 35.0 Å². The average molecular weight is 357 g/mol. The number of thiophene rings is 1. The van der Waals surface area contributed by atoms with Gasteiger partial charge in [-0.05, 0) is 45.0 Å². The van der Waals surface area contributed by atoms with Gasteiger partial charge in [-0.2, -0.15) is 0 Å². The van der Waals surface area contributed by atoms with Crippen LogP contribution in [-0.2, 0) is 15.9 Å². The zero-order valence-corrected chi connectivity index (χ0v) is 15.9. The Kier molecular flexibility index (Phi) is 6.00. The molecule has 1 aromatic rings. The van der Waals surface area contributed by atoms with Gasteiger partial charge in [0.05, 0.1) is 24.9 Å². The summed E-state index contributed by atoms with van der Waals surface area (Å²) in [5.41, 5.74) is 1.63. The Hall–Kier alpha value is -1.18. The van der Waals surface area contributed by atoms with Gasteiger partial charge in [0.15, 0.2) is 5.11 Å². The number of hydrogen-bond acceptors (Lipinski definition) is 5. The Bertz CT molecular complexity index is 590. The maximum Gasteiger partial charge on any atom is 0.341 e. The molecule has 128 valence electrons. The number of aryl methyl sites for hydroxylation is 1. The summed E-state index contributed by atoms with van der Waals surface area (Å²) in [6, 6.07) is 0. The van der Waals surface area contributed by atoms with Gasteiger partial charge in [0.1, 0.15) is 5.00 Å². The molecule has 1 aliphatic heterocycles. The van der Waals surface area contributed by atoms with E-state index in [0.29, 0.717) is 10.7 Å². The topological polar surface area (TPSA) is 50.8 Å². The third-order valence-electron chi connectivity index (χ3n) is 3.88. The van der Waals surface area contributed by atoms with Crippen LogP contribution in [0.2, 0.25) is 0 Å². The third kappa shape index (κ3) is 4.02. The number of rotatable bonds is 3. The number of morpholine rings is 1. The van der Waals surface area contributed by atoms with Crippen molar-refractivity contribution in [2.45, 2.75) is 46.3 Å². The highest BCUT2D eigenvalue weighted by molar-refractivity contribution is 7.80. The Morgan fingerprint density at radius 1 is 1.43 bits per heavy atom. The van der Waals surface area contributed by atoms with Crippen LogP contribution in [0.1, 0.15) is 41.6 Å². The van der Waals surface area contributed by atoms with Gasteiger partial charge >= 0.3 is 5.97 Å². The van der Waals surface area contributed by atoms with Gasteiger partial charge in [0.2, 0.25) is 0 Å². The molecule has 0 aromatic carbocycles. The summed E-state index contributed by atoms with van der Waals surface area (Å²) in [5, 5.41) is 4.64. The summed E-state index contributed by atoms with van der Waals surface area (Å²) in [4.78, 5) is 15.4. The van der Waals surface area contributed by atoms with Crippen LogP contribution in [0.3, 0.4) is 0 Å². The minimum absolute atomic E-state index is 0.134. The van der Waals surface area contributed by atoms with Crippen molar-refractivity contribution in [1.82, 2.24) is 4.90 Å². The maximum absolute atomic E-state index is 12.2. The van der Waals surface area contributed by atoms with Crippen molar-refractivity contribution in [2.24, 2.45) is 0 Å². The van der Waals surface area contributed by atoms with Crippen molar-refractivity contribution < 1.29 is 14.3 Å². The molecule has 0 aliphatic carbocycles. The van der Waals surface area contributed by atoms with Crippen LogP contribution in [0, 0.1) is 6.92 Å². The fourth-order valence-electron chi connectivity index (χ4n) is 2.93. The molecule has 0 bridgehead atoms. The first-order valence-electron chi connectivity index (χ1n) is 7.79. The highest BCUT2D eigenvalue weighted by Gasteiger charge is 2.27. The van der Waals surface area contributed by atoms with E-state index in [1.165, 1.54) is 7.11 Å². The molecule has 2 atom stereocenters. The van der Waals surface area contributed by atoms with Crippen LogP contribution in [0.4, 0.5) is 5.00 Å². The molecule has 0 unspecified atom stereocenters. The molecular formula is C16H24N2O3S2. The second-order valence-corrected chi connectivity index (χ2v) is 7.39. The number of methoxy groups -OCH3 is 1. The van der Waals surface area contributed by atoms with E-state index in [2.05, 4.69) is 10.2 Å². The molecule has 7 heteroatoms. The summed E-state index contributed by atoms with van der Waals surface area (Å²) < 4.78 is 10.7. The van der Waals surface area contributed by atoms with Crippen LogP contribution >= 0.6 is 23.6 Å². The summed E-state index contributed by atoms with van der Waals surface area (Å²) in [5.74, 6) is -0.319. The van der Waals surface area contributed by atoms with Crippen molar-refractivity contribution in [3.63, 3.8) is 0 Å². The molecule has 1 fully saturated rings. The van der Waals surface area contributed by atoms with E-state index in [-0.39, 0.29) is 18.2 Å². The summed E-state index contributed by atoms with van der Waals surface area (Å²) in [7, 11) is 1.40. The lowest BCUT2D eigenvalue weighted by atomic mass is 10.1. The van der Waals surface area contributed by atoms with Crippen LogP contribution in [-0.4, -0.2) is 48.4 Å². The minimum atomic E-state index is -0.319. The quantitative estimate of drug-likeness (QED) is 0.663. The Morgan fingerprint density at radius 2 is 2.04 bits per heavy atom. The van der Waals surface area contributed by atoms with Crippen molar-refractivity contribution >= 4 is 39.6 Å². The standard InChI is InChI=1S/C16H24N2O3S2/c1-6-12-11(4)23-14(13(12)15(19)20-5)17-16(22)18-7-9(2)21-10(3)8-18/h9-10H,6-8H2,1-5H3,(H,17,22)/t9-,10-/m1/s1. The van der Waals surface area contributed by atoms with Crippen LogP contribution in [0.5, 0.6) is 0 Å². The van der Waals surface area contributed by atoms with E-state index in [1.807, 2.05) is 27.7 Å². The number of nitrogens with one attached hydrogen (secondary N) is 1. The number of ether oxygens (including phenoxy) is 2. The molecule has 2 heterocycles. The lowest BCUT2D eigenvalue weighted by molar-refractivity contribution is -0.0473. The molecule has 0 amide bonds. The Balaban J connectivity index is 2.22. The number of anilines is 1. The smallest absolute Gasteiger partial charge is 0.341 e. The second kappa shape index (κ2) is 7.59. The lowest BCUT2D eigenvalue weighted by Crippen LogP contribution is -2.49. The van der Waals surface area contributed by atoms with E-state index >= 15 is 0 Å². The zero-order chi connectivity index (χ0) is 17.1. The Morgan fingerprint density at radius 3 is 2.57 bits per heavy atom. The van der Waals surface area contributed by atoms with Crippen LogP contribution in [0.15, 0.2) is 0 Å². The number of esters is 1. The first kappa shape index (κ1) is 18.2. The average Bonchev–Trinajstić information content (AvgIpc) is 2.80. The molecule has 1 N–H and O–H groups in total. The third-order valence-corrected chi connectivity index (χ3v) is 5.30. The molecule has 5 nitrogen and oxygen atoms in total. The van der Waals surface area contributed by atoms with Gasteiger partial charge in [-0.25, -0.2) is 4.79 Å². The molecular weight excluding hydrogens is 332 g/mol. The van der Waals surface area contributed by atoms with Gasteiger partial charge < -0.3 is 19.7 Å². The highest BCUT2D eigenvalue weighted by Crippen LogP contribution is 2.34. The predicted molar refractivity (Wildman–Crippen MR) is 97.6 cm³/mol. The van der Waals surface area contributed by atoms with E-state index in [9.17, 15) is 4.79 Å². The number of carbonyl (C=O) groups excluding carboxylic acids is 1. The number of hydrogen-bond donors (Lipinski definition) is 1. The predicted octanol–water partition coefficient (Wildman–Crippen LogP) is 3.21. The van der Waals surface area contributed by atoms with Crippen molar-refractivity contribution in [3.8, 4) is 0 Å². The summed E-state index contributed by atoms with van der Waals surface area (Å²) in [6.07, 6.45) is 1.05. The first-order chi connectivity index (χ1) is 10.9. The fourth-order valence-corrected chi connectivity index (χ4v) is 4.38. The van der Waals surface area contributed by atoms with Gasteiger partial charge in [-0.3, -0.25) is 0 Å². The lowest BCUT2D eigenvalue weighted by Gasteiger charge is -2.36. The van der Waals surface area contributed by atoms with Crippen molar-refractivity contribution in [1.29, 1.82) is 0 Å². The summed E-state index contributed by atoms with van der Waals surface area (Å²) in [6.45, 7) is 9.62. The zero-order valence-electron chi connectivity index (χ0n) is 14.3. The minimum Gasteiger partial charge on any atom is -0.465 e. The Labute approximate surface area is 147 Å². The van der Waals surface area contributed by atoms with Crippen molar-refractivity contribution in [2.75, 3.05) is 25.5 Å². The van der Waals surface area contributed by atoms with E-state index < -0.39 is 0 Å². The van der Waals surface area contributed by atoms with Gasteiger partial charge in [0, 0.05) is 18.0 Å². The molecule has 0 spiro atoms. The van der Waals surface area contributed by atoms with Gasteiger partial charge in [0.25, 0.3) is 0 Å². The van der Waals surface area contributed by atoms with E-state index in [4.69, 9.17) is 21.7 Å². The largest absolute Gasteiger partial charge is 0.465 e. The normalized spacial score (nSPS) is 21.2. The molecule has 0 radical (unpaired) electrons. The molecule has 1 saturated heterocycles. The fraction of sp³-hybridized carbons (Fsp3) is 0.625. The van der Waals surface area contributed by atoms with Crippen LogP contribution in [0.25, 0.3) is 0 Å². The molecule has 23 heavy (non-hydrogen) atoms. The van der Waals surface area contributed by atoms with Gasteiger partial charge in [-0.15, -0.1) is 11.3 Å². The SMILES string of the molecule is CCc1c(C)sc(NC(=S)N2C[C@@H](C)O[C@H](C)C2)c1C(=O)OC. The summed E-state index contributed by atoms with van der Waals surface area (Å²) >= 11 is 7.09. The second-order valence-electron chi connectivity index (χ2n) is 5.78. The maximum atomic E-state index is 12.2. The van der Waals surface area contributed by atoms with E-state index in [1.54, 1.807) is 11.3 Å². The van der Waals surface area contributed by atoms with Crippen molar-refractivity contribution in [3.05, 3.63) is 16.0 Å². The van der Waals surface area contributed by atoms with Gasteiger partial charge in [-0.1, -0.05) is 6.92 Å². The first-order valence-corrected chi connectivity index (χ1v) is 9.01. The molecule has 1 aliphatic rings. The number of nitrogens with zero attached hydrogens (tertiary/aromatic N) is 1. The molecule has 1 aromatic heterocycles. The molecule has 0 saturated carbocycles. The molecule has 2 rings (SSSR count). The number of thiocarbonyl (C=S) groups is 1. The number of carbonyl (C=O) groups is 1. The monoisotopic (exact) mass is 356 g/mol. The van der Waals surface area contributed by atoms with Crippen LogP contribution < -0.4 is 5.32 Å². The highest BCUT2D eigenvalue weighted by atomic mass is 32.1.